The molecule has 2 N–H and O–H groups in total. The third-order valence-corrected chi connectivity index (χ3v) is 4.41. The van der Waals surface area contributed by atoms with Gasteiger partial charge in [0.2, 0.25) is 0 Å². The van der Waals surface area contributed by atoms with Gasteiger partial charge in [-0.1, -0.05) is 0 Å². The maximum absolute atomic E-state index is 12.8. The molecule has 2 aliphatic carbocycles. The Morgan fingerprint density at radius 3 is 2.36 bits per heavy atom. The number of alkyl halides is 3. The number of rotatable bonds is 4. The number of amides is 1. The molecule has 6 nitrogen and oxygen atoms in total. The van der Waals surface area contributed by atoms with Gasteiger partial charge in [-0.05, 0) is 24.7 Å². The van der Waals surface area contributed by atoms with Crippen LogP contribution in [0.3, 0.4) is 0 Å². The maximum atomic E-state index is 12.8. The van der Waals surface area contributed by atoms with Gasteiger partial charge in [-0.3, -0.25) is 9.59 Å². The number of halogens is 3. The molecular weight excluding hydrogens is 307 g/mol. The molecule has 1 saturated heterocycles. The van der Waals surface area contributed by atoms with Gasteiger partial charge < -0.3 is 19.9 Å². The number of carbonyl (C=O) groups is 2. The minimum Gasteiger partial charge on any atom is -0.481 e. The van der Waals surface area contributed by atoms with Crippen molar-refractivity contribution in [1.29, 1.82) is 0 Å². The lowest BCUT2D eigenvalue weighted by Gasteiger charge is -2.32. The van der Waals surface area contributed by atoms with Crippen LogP contribution >= 0.6 is 0 Å². The molecule has 0 radical (unpaired) electrons. The molecule has 3 aliphatic rings. The largest absolute Gasteiger partial charge is 0.481 e. The lowest BCUT2D eigenvalue weighted by molar-refractivity contribution is -0.272. The number of nitrogens with one attached hydrogen (secondary N) is 1. The van der Waals surface area contributed by atoms with E-state index in [9.17, 15) is 22.8 Å². The molecule has 1 heterocycles. The van der Waals surface area contributed by atoms with Crippen LogP contribution in [0.5, 0.6) is 0 Å². The van der Waals surface area contributed by atoms with E-state index in [2.05, 4.69) is 10.1 Å². The first-order chi connectivity index (χ1) is 10.3. The number of carboxylic acid groups (broad SMARTS) is 1. The second-order valence-corrected chi connectivity index (χ2v) is 5.98. The molecule has 124 valence electrons. The van der Waals surface area contributed by atoms with Crippen LogP contribution in [0.2, 0.25) is 0 Å². The van der Waals surface area contributed by atoms with E-state index >= 15 is 0 Å². The van der Waals surface area contributed by atoms with Gasteiger partial charge in [-0.15, -0.1) is 0 Å². The van der Waals surface area contributed by atoms with Gasteiger partial charge in [0.15, 0.2) is 12.2 Å². The van der Waals surface area contributed by atoms with E-state index in [-0.39, 0.29) is 37.0 Å². The first-order valence-corrected chi connectivity index (χ1v) is 7.12. The highest BCUT2D eigenvalue weighted by molar-refractivity contribution is 5.82. The van der Waals surface area contributed by atoms with Crippen molar-refractivity contribution in [2.75, 3.05) is 13.2 Å². The van der Waals surface area contributed by atoms with Crippen molar-refractivity contribution in [1.82, 2.24) is 5.32 Å². The van der Waals surface area contributed by atoms with Gasteiger partial charge in [0.05, 0.1) is 19.1 Å². The molecule has 22 heavy (non-hydrogen) atoms. The quantitative estimate of drug-likeness (QED) is 0.790. The Bertz CT molecular complexity index is 483. The maximum Gasteiger partial charge on any atom is 0.417 e. The molecule has 0 aromatic rings. The number of ether oxygens (including phenoxy) is 2. The smallest absolute Gasteiger partial charge is 0.417 e. The molecule has 0 aromatic carbocycles. The van der Waals surface area contributed by atoms with Gasteiger partial charge in [0, 0.05) is 6.04 Å². The summed E-state index contributed by atoms with van der Waals surface area (Å²) >= 11 is 0. The highest BCUT2D eigenvalue weighted by atomic mass is 19.4. The van der Waals surface area contributed by atoms with Crippen LogP contribution in [0.25, 0.3) is 0 Å². The molecule has 1 aliphatic heterocycles. The Hall–Kier alpha value is -1.35. The van der Waals surface area contributed by atoms with Crippen LogP contribution in [0, 0.1) is 17.8 Å². The first kappa shape index (κ1) is 15.5. The number of hydrogen-bond acceptors (Lipinski definition) is 4. The van der Waals surface area contributed by atoms with Crippen molar-refractivity contribution < 1.29 is 37.3 Å². The lowest BCUT2D eigenvalue weighted by Crippen LogP contribution is -2.55. The van der Waals surface area contributed by atoms with Crippen LogP contribution in [0.15, 0.2) is 0 Å². The van der Waals surface area contributed by atoms with E-state index in [0.29, 0.717) is 12.8 Å². The van der Waals surface area contributed by atoms with Gasteiger partial charge in [0.1, 0.15) is 0 Å². The number of carbonyl (C=O) groups excluding carboxylic acids is 1. The molecule has 1 amide bonds. The zero-order valence-electron chi connectivity index (χ0n) is 11.5. The van der Waals surface area contributed by atoms with Crippen molar-refractivity contribution in [3.05, 3.63) is 0 Å². The minimum absolute atomic E-state index is 0.0183. The normalized spacial score (nSPS) is 40.9. The lowest BCUT2D eigenvalue weighted by atomic mass is 10.1. The second-order valence-electron chi connectivity index (χ2n) is 5.98. The molecule has 0 unspecified atom stereocenters. The fourth-order valence-electron chi connectivity index (χ4n) is 3.09. The zero-order chi connectivity index (χ0) is 16.1. The summed E-state index contributed by atoms with van der Waals surface area (Å²) in [6.07, 6.45) is -7.46. The molecule has 2 saturated carbocycles. The molecule has 0 spiro atoms. The van der Waals surface area contributed by atoms with Crippen molar-refractivity contribution in [3.63, 3.8) is 0 Å². The van der Waals surface area contributed by atoms with E-state index in [4.69, 9.17) is 9.84 Å². The summed E-state index contributed by atoms with van der Waals surface area (Å²) in [4.78, 5) is 22.8. The summed E-state index contributed by atoms with van der Waals surface area (Å²) in [7, 11) is 0. The van der Waals surface area contributed by atoms with Crippen LogP contribution in [-0.4, -0.2) is 54.6 Å². The Morgan fingerprint density at radius 2 is 1.77 bits per heavy atom. The van der Waals surface area contributed by atoms with Crippen LogP contribution in [-0.2, 0) is 19.1 Å². The summed E-state index contributed by atoms with van der Waals surface area (Å²) in [6, 6.07) is -0.263. The Balaban J connectivity index is 1.53. The van der Waals surface area contributed by atoms with Crippen LogP contribution in [0.1, 0.15) is 12.8 Å². The average molecular weight is 323 g/mol. The first-order valence-electron chi connectivity index (χ1n) is 7.12. The second kappa shape index (κ2) is 5.38. The van der Waals surface area contributed by atoms with Gasteiger partial charge in [-0.25, -0.2) is 0 Å². The molecular formula is C13H16F3NO5. The SMILES string of the molecule is O=C(O)[C@@H]1C[C@@H]1[C@@H]1C[C@@H]1NC(=O)[C@@H]1OCCO[C@@H]1C(F)(F)F. The van der Waals surface area contributed by atoms with E-state index in [1.807, 2.05) is 0 Å². The fourth-order valence-corrected chi connectivity index (χ4v) is 3.09. The van der Waals surface area contributed by atoms with E-state index in [0.717, 1.165) is 0 Å². The van der Waals surface area contributed by atoms with Gasteiger partial charge in [0.25, 0.3) is 5.91 Å². The standard InChI is InChI=1S/C13H16F3NO5/c14-13(15,16)10-9(21-1-2-22-10)11(18)17-8-4-6(8)5-3-7(5)12(19)20/h5-10H,1-4H2,(H,17,18)(H,19,20)/t5-,6+,7-,8+,9-,10+/m1/s1. The summed E-state index contributed by atoms with van der Waals surface area (Å²) in [5.74, 6) is -2.03. The predicted molar refractivity (Wildman–Crippen MR) is 64.8 cm³/mol. The van der Waals surface area contributed by atoms with Crippen molar-refractivity contribution in [2.45, 2.75) is 37.3 Å². The summed E-state index contributed by atoms with van der Waals surface area (Å²) in [5, 5.41) is 11.4. The van der Waals surface area contributed by atoms with Gasteiger partial charge in [-0.2, -0.15) is 13.2 Å². The highest BCUT2D eigenvalue weighted by Crippen LogP contribution is 2.54. The van der Waals surface area contributed by atoms with Crippen LogP contribution in [0.4, 0.5) is 13.2 Å². The summed E-state index contributed by atoms with van der Waals surface area (Å²) in [6.45, 7) is -0.273. The van der Waals surface area contributed by atoms with Crippen molar-refractivity contribution >= 4 is 11.9 Å². The topological polar surface area (TPSA) is 84.9 Å². The number of carboxylic acids is 1. The van der Waals surface area contributed by atoms with E-state index in [1.54, 1.807) is 0 Å². The van der Waals surface area contributed by atoms with Crippen molar-refractivity contribution in [2.24, 2.45) is 17.8 Å². The molecule has 9 heteroatoms. The predicted octanol–water partition coefficient (Wildman–Crippen LogP) is 0.558. The molecule has 0 bridgehead atoms. The Kier molecular flexibility index (Phi) is 3.80. The number of aliphatic carboxylic acids is 1. The third-order valence-electron chi connectivity index (χ3n) is 4.41. The zero-order valence-corrected chi connectivity index (χ0v) is 11.5. The van der Waals surface area contributed by atoms with Crippen molar-refractivity contribution in [3.8, 4) is 0 Å². The Labute approximate surface area is 123 Å². The number of hydrogen-bond donors (Lipinski definition) is 2. The molecule has 6 atom stereocenters. The van der Waals surface area contributed by atoms with Gasteiger partial charge >= 0.3 is 12.1 Å². The molecule has 3 fully saturated rings. The summed E-state index contributed by atoms with van der Waals surface area (Å²) < 4.78 is 48.0. The molecule has 3 rings (SSSR count). The summed E-state index contributed by atoms with van der Waals surface area (Å²) in [5.41, 5.74) is 0. The highest BCUT2D eigenvalue weighted by Gasteiger charge is 2.58. The third kappa shape index (κ3) is 3.05. The van der Waals surface area contributed by atoms with E-state index in [1.165, 1.54) is 0 Å². The molecule has 0 aromatic heterocycles. The van der Waals surface area contributed by atoms with E-state index < -0.39 is 30.3 Å². The monoisotopic (exact) mass is 323 g/mol. The average Bonchev–Trinajstić information content (AvgIpc) is 3.30. The minimum atomic E-state index is -4.67. The Morgan fingerprint density at radius 1 is 1.09 bits per heavy atom. The van der Waals surface area contributed by atoms with Crippen LogP contribution < -0.4 is 5.32 Å². The fraction of sp³-hybridized carbons (Fsp3) is 0.846.